The summed E-state index contributed by atoms with van der Waals surface area (Å²) in [5.41, 5.74) is 1.29. The largest absolute Gasteiger partial charge is 0.328 e. The molecule has 7 nitrogen and oxygen atoms in total. The molecule has 2 heterocycles. The van der Waals surface area contributed by atoms with E-state index in [0.29, 0.717) is 0 Å². The molecule has 0 unspecified atom stereocenters. The first-order chi connectivity index (χ1) is 11.6. The molecule has 24 heavy (non-hydrogen) atoms. The van der Waals surface area contributed by atoms with Crippen LogP contribution < -0.4 is 10.6 Å². The van der Waals surface area contributed by atoms with Gasteiger partial charge in [-0.3, -0.25) is 30.1 Å². The SMILES string of the molecule is O=C1NC(=O)C(C=NC2CCN(Cc3ccccc3)CC2)C(=O)N1. The summed E-state index contributed by atoms with van der Waals surface area (Å²) < 4.78 is 0. The number of amides is 4. The number of nitrogens with one attached hydrogen (secondary N) is 2. The molecule has 2 fully saturated rings. The van der Waals surface area contributed by atoms with Gasteiger partial charge in [0.25, 0.3) is 0 Å². The standard InChI is InChI=1S/C17H20N4O3/c22-15-14(16(23)20-17(24)19-15)10-18-13-6-8-21(9-7-13)11-12-4-2-1-3-5-12/h1-5,10,13-14H,6-9,11H2,(H2,19,20,22,23,24). The number of hydrogen-bond donors (Lipinski definition) is 2. The highest BCUT2D eigenvalue weighted by atomic mass is 16.2. The fraction of sp³-hybridized carbons (Fsp3) is 0.412. The minimum absolute atomic E-state index is 0.107. The Labute approximate surface area is 140 Å². The zero-order valence-corrected chi connectivity index (χ0v) is 13.3. The number of carbonyl (C=O) groups is 3. The number of urea groups is 1. The third-order valence-electron chi connectivity index (χ3n) is 4.29. The van der Waals surface area contributed by atoms with Crippen molar-refractivity contribution >= 4 is 24.1 Å². The van der Waals surface area contributed by atoms with E-state index in [1.54, 1.807) is 0 Å². The zero-order valence-electron chi connectivity index (χ0n) is 13.3. The normalized spacial score (nSPS) is 21.1. The number of likely N-dealkylation sites (tertiary alicyclic amines) is 1. The molecule has 126 valence electrons. The number of aliphatic imine (C=N–C) groups is 1. The topological polar surface area (TPSA) is 90.9 Å². The second-order valence-electron chi connectivity index (χ2n) is 6.08. The van der Waals surface area contributed by atoms with E-state index in [1.165, 1.54) is 11.8 Å². The molecule has 0 bridgehead atoms. The van der Waals surface area contributed by atoms with Crippen LogP contribution in [0.15, 0.2) is 35.3 Å². The Kier molecular flexibility index (Phi) is 5.00. The number of carbonyl (C=O) groups excluding carboxylic acids is 3. The smallest absolute Gasteiger partial charge is 0.299 e. The molecular formula is C17H20N4O3. The first kappa shape index (κ1) is 16.3. The van der Waals surface area contributed by atoms with Gasteiger partial charge in [-0.25, -0.2) is 4.79 Å². The predicted molar refractivity (Wildman–Crippen MR) is 88.4 cm³/mol. The Morgan fingerprint density at radius 1 is 1.04 bits per heavy atom. The average Bonchev–Trinajstić information content (AvgIpc) is 2.56. The summed E-state index contributed by atoms with van der Waals surface area (Å²) in [6, 6.07) is 9.65. The van der Waals surface area contributed by atoms with Gasteiger partial charge in [0.05, 0.1) is 6.04 Å². The molecule has 0 atom stereocenters. The highest BCUT2D eigenvalue weighted by Crippen LogP contribution is 2.16. The molecule has 2 aliphatic rings. The highest BCUT2D eigenvalue weighted by molar-refractivity contribution is 6.23. The van der Waals surface area contributed by atoms with E-state index in [2.05, 4.69) is 32.7 Å². The quantitative estimate of drug-likeness (QED) is 0.629. The van der Waals surface area contributed by atoms with E-state index < -0.39 is 23.8 Å². The molecule has 0 radical (unpaired) electrons. The fourth-order valence-electron chi connectivity index (χ4n) is 2.94. The number of rotatable bonds is 4. The number of piperidine rings is 1. The van der Waals surface area contributed by atoms with E-state index >= 15 is 0 Å². The van der Waals surface area contributed by atoms with Crippen LogP contribution in [0.4, 0.5) is 4.79 Å². The van der Waals surface area contributed by atoms with Crippen LogP contribution in [0.3, 0.4) is 0 Å². The molecule has 1 aromatic rings. The third kappa shape index (κ3) is 4.05. The highest BCUT2D eigenvalue weighted by Gasteiger charge is 2.33. The lowest BCUT2D eigenvalue weighted by Crippen LogP contribution is -2.56. The van der Waals surface area contributed by atoms with Crippen molar-refractivity contribution in [2.24, 2.45) is 10.9 Å². The van der Waals surface area contributed by atoms with Crippen molar-refractivity contribution in [1.29, 1.82) is 0 Å². The number of nitrogens with zero attached hydrogens (tertiary/aromatic N) is 2. The molecule has 0 spiro atoms. The maximum atomic E-state index is 11.7. The van der Waals surface area contributed by atoms with Gasteiger partial charge < -0.3 is 0 Å². The van der Waals surface area contributed by atoms with Gasteiger partial charge in [-0.05, 0) is 18.4 Å². The van der Waals surface area contributed by atoms with Crippen LogP contribution in [-0.4, -0.2) is 48.1 Å². The van der Waals surface area contributed by atoms with E-state index in [4.69, 9.17) is 0 Å². The van der Waals surface area contributed by atoms with Crippen LogP contribution in [-0.2, 0) is 16.1 Å². The summed E-state index contributed by atoms with van der Waals surface area (Å²) in [5.74, 6) is -2.26. The van der Waals surface area contributed by atoms with Crippen molar-refractivity contribution in [3.63, 3.8) is 0 Å². The van der Waals surface area contributed by atoms with E-state index in [-0.39, 0.29) is 6.04 Å². The third-order valence-corrected chi connectivity index (χ3v) is 4.29. The summed E-state index contributed by atoms with van der Waals surface area (Å²) in [5, 5.41) is 4.15. The van der Waals surface area contributed by atoms with Crippen LogP contribution in [0.2, 0.25) is 0 Å². The van der Waals surface area contributed by atoms with Crippen molar-refractivity contribution in [2.75, 3.05) is 13.1 Å². The fourth-order valence-corrected chi connectivity index (χ4v) is 2.94. The van der Waals surface area contributed by atoms with Gasteiger partial charge in [0.15, 0.2) is 5.92 Å². The van der Waals surface area contributed by atoms with Crippen molar-refractivity contribution in [1.82, 2.24) is 15.5 Å². The molecule has 0 aromatic heterocycles. The summed E-state index contributed by atoms with van der Waals surface area (Å²) in [7, 11) is 0. The number of hydrogen-bond acceptors (Lipinski definition) is 5. The van der Waals surface area contributed by atoms with Crippen molar-refractivity contribution in [2.45, 2.75) is 25.4 Å². The molecule has 0 saturated carbocycles. The minimum Gasteiger partial charge on any atom is -0.299 e. The van der Waals surface area contributed by atoms with Gasteiger partial charge in [0.2, 0.25) is 11.8 Å². The molecule has 2 aliphatic heterocycles. The molecule has 7 heteroatoms. The molecular weight excluding hydrogens is 308 g/mol. The lowest BCUT2D eigenvalue weighted by molar-refractivity contribution is -0.132. The van der Waals surface area contributed by atoms with Gasteiger partial charge in [-0.1, -0.05) is 30.3 Å². The van der Waals surface area contributed by atoms with Gasteiger partial charge in [-0.2, -0.15) is 0 Å². The van der Waals surface area contributed by atoms with Crippen LogP contribution in [0.5, 0.6) is 0 Å². The van der Waals surface area contributed by atoms with E-state index in [1.807, 2.05) is 18.2 Å². The summed E-state index contributed by atoms with van der Waals surface area (Å²) in [4.78, 5) is 41.1. The summed E-state index contributed by atoms with van der Waals surface area (Å²) >= 11 is 0. The minimum atomic E-state index is -1.02. The van der Waals surface area contributed by atoms with Crippen molar-refractivity contribution in [3.8, 4) is 0 Å². The van der Waals surface area contributed by atoms with Crippen molar-refractivity contribution in [3.05, 3.63) is 35.9 Å². The lowest BCUT2D eigenvalue weighted by Gasteiger charge is -2.30. The van der Waals surface area contributed by atoms with E-state index in [0.717, 1.165) is 32.5 Å². The summed E-state index contributed by atoms with van der Waals surface area (Å²) in [6.45, 7) is 2.78. The Morgan fingerprint density at radius 3 is 2.29 bits per heavy atom. The van der Waals surface area contributed by atoms with Crippen LogP contribution in [0.1, 0.15) is 18.4 Å². The van der Waals surface area contributed by atoms with Crippen LogP contribution in [0.25, 0.3) is 0 Å². The number of imide groups is 2. The zero-order chi connectivity index (χ0) is 16.9. The lowest BCUT2D eigenvalue weighted by atomic mass is 10.0. The molecule has 4 amide bonds. The number of benzene rings is 1. The Morgan fingerprint density at radius 2 is 1.67 bits per heavy atom. The Hall–Kier alpha value is -2.54. The molecule has 2 saturated heterocycles. The molecule has 3 rings (SSSR count). The van der Waals surface area contributed by atoms with E-state index in [9.17, 15) is 14.4 Å². The summed E-state index contributed by atoms with van der Waals surface area (Å²) in [6.07, 6.45) is 3.14. The second kappa shape index (κ2) is 7.35. The Balaban J connectivity index is 1.49. The van der Waals surface area contributed by atoms with Gasteiger partial charge in [-0.15, -0.1) is 0 Å². The molecule has 1 aromatic carbocycles. The van der Waals surface area contributed by atoms with Gasteiger partial charge in [0.1, 0.15) is 0 Å². The second-order valence-corrected chi connectivity index (χ2v) is 6.08. The monoisotopic (exact) mass is 328 g/mol. The predicted octanol–water partition coefficient (Wildman–Crippen LogP) is 0.704. The maximum absolute atomic E-state index is 11.7. The molecule has 0 aliphatic carbocycles. The molecule has 2 N–H and O–H groups in total. The number of barbiturate groups is 1. The average molecular weight is 328 g/mol. The van der Waals surface area contributed by atoms with Crippen LogP contribution >= 0.6 is 0 Å². The van der Waals surface area contributed by atoms with Crippen LogP contribution in [0, 0.1) is 5.92 Å². The Bertz CT molecular complexity index is 631. The van der Waals surface area contributed by atoms with Gasteiger partial charge in [0, 0.05) is 25.8 Å². The first-order valence-electron chi connectivity index (χ1n) is 8.07. The first-order valence-corrected chi connectivity index (χ1v) is 8.07. The van der Waals surface area contributed by atoms with Crippen molar-refractivity contribution < 1.29 is 14.4 Å². The van der Waals surface area contributed by atoms with Gasteiger partial charge >= 0.3 is 6.03 Å². The maximum Gasteiger partial charge on any atom is 0.328 e.